The molecule has 2 aliphatic heterocycles. The maximum Gasteiger partial charge on any atom is 0.321 e. The van der Waals surface area contributed by atoms with E-state index in [2.05, 4.69) is 37.9 Å². The van der Waals surface area contributed by atoms with Gasteiger partial charge in [-0.05, 0) is 41.1 Å². The van der Waals surface area contributed by atoms with Gasteiger partial charge in [-0.3, -0.25) is 4.90 Å². The summed E-state index contributed by atoms with van der Waals surface area (Å²) in [6, 6.07) is 7.87. The Kier molecular flexibility index (Phi) is 3.96. The Bertz CT molecular complexity index is 717. The Morgan fingerprint density at radius 1 is 1.17 bits per heavy atom. The van der Waals surface area contributed by atoms with Crippen LogP contribution in [-0.4, -0.2) is 68.3 Å². The van der Waals surface area contributed by atoms with Crippen LogP contribution < -0.4 is 5.32 Å². The Balaban J connectivity index is 1.34. The van der Waals surface area contributed by atoms with E-state index in [4.69, 9.17) is 0 Å². The lowest BCUT2D eigenvalue weighted by molar-refractivity contribution is 0.212. The fourth-order valence-corrected chi connectivity index (χ4v) is 3.20. The topological polar surface area (TPSA) is 79.2 Å². The zero-order valence-electron chi connectivity index (χ0n) is 13.2. The highest BCUT2D eigenvalue weighted by Crippen LogP contribution is 2.19. The highest BCUT2D eigenvalue weighted by atomic mass is 16.2. The van der Waals surface area contributed by atoms with Gasteiger partial charge in [0.15, 0.2) is 0 Å². The van der Waals surface area contributed by atoms with E-state index in [1.165, 1.54) is 6.33 Å². The van der Waals surface area contributed by atoms with Gasteiger partial charge >= 0.3 is 6.03 Å². The molecule has 8 heteroatoms. The number of tetrazole rings is 1. The van der Waals surface area contributed by atoms with Crippen molar-refractivity contribution < 1.29 is 4.79 Å². The average Bonchev–Trinajstić information content (AvgIpc) is 3.35. The minimum Gasteiger partial charge on any atom is -0.323 e. The first-order valence-electron chi connectivity index (χ1n) is 8.08. The van der Waals surface area contributed by atoms with Crippen LogP contribution in [-0.2, 0) is 0 Å². The lowest BCUT2D eigenvalue weighted by Crippen LogP contribution is -2.38. The normalized spacial score (nSPS) is 20.7. The number of carbonyl (C=O) groups is 1. The fraction of sp³-hybridized carbons (Fsp3) is 0.375. The number of aromatic nitrogens is 4. The van der Waals surface area contributed by atoms with Gasteiger partial charge < -0.3 is 10.2 Å². The van der Waals surface area contributed by atoms with Gasteiger partial charge in [0, 0.05) is 37.9 Å². The van der Waals surface area contributed by atoms with Crippen molar-refractivity contribution in [1.82, 2.24) is 30.0 Å². The Morgan fingerprint density at radius 3 is 2.67 bits per heavy atom. The van der Waals surface area contributed by atoms with E-state index in [0.717, 1.165) is 44.0 Å². The van der Waals surface area contributed by atoms with Gasteiger partial charge in [0.25, 0.3) is 0 Å². The van der Waals surface area contributed by atoms with Crippen molar-refractivity contribution in [2.24, 2.45) is 0 Å². The summed E-state index contributed by atoms with van der Waals surface area (Å²) in [4.78, 5) is 16.7. The number of rotatable bonds is 3. The second-order valence-electron chi connectivity index (χ2n) is 6.05. The van der Waals surface area contributed by atoms with Crippen LogP contribution in [0.4, 0.5) is 10.5 Å². The molecule has 0 bridgehead atoms. The van der Waals surface area contributed by atoms with E-state index in [0.29, 0.717) is 6.04 Å². The number of nitrogens with zero attached hydrogens (tertiary/aromatic N) is 6. The SMILES string of the molecule is O=C(Nc1ccc(-n2cnnn2)cc1)N1CC[C@H](N2CC=CC2)C1. The Labute approximate surface area is 139 Å². The molecule has 124 valence electrons. The standard InChI is InChI=1S/C16H19N7O/c24-16(22-10-7-15(11-22)21-8-1-2-9-21)18-13-3-5-14(6-4-13)23-12-17-19-20-23/h1-6,12,15H,7-11H2,(H,18,24)/t15-/m0/s1. The lowest BCUT2D eigenvalue weighted by Gasteiger charge is -2.23. The number of amides is 2. The third-order valence-corrected chi connectivity index (χ3v) is 4.55. The zero-order chi connectivity index (χ0) is 16.4. The average molecular weight is 325 g/mol. The minimum absolute atomic E-state index is 0.0418. The second kappa shape index (κ2) is 6.40. The molecule has 1 N–H and O–H groups in total. The molecule has 1 aromatic heterocycles. The van der Waals surface area contributed by atoms with Gasteiger partial charge in [0.2, 0.25) is 0 Å². The van der Waals surface area contributed by atoms with Gasteiger partial charge in [-0.1, -0.05) is 12.2 Å². The third-order valence-electron chi connectivity index (χ3n) is 4.55. The quantitative estimate of drug-likeness (QED) is 0.856. The van der Waals surface area contributed by atoms with Crippen molar-refractivity contribution in [3.05, 3.63) is 42.7 Å². The maximum atomic E-state index is 12.4. The summed E-state index contributed by atoms with van der Waals surface area (Å²) in [5.74, 6) is 0. The molecule has 24 heavy (non-hydrogen) atoms. The van der Waals surface area contributed by atoms with Crippen molar-refractivity contribution in [2.75, 3.05) is 31.5 Å². The molecule has 2 aliphatic rings. The van der Waals surface area contributed by atoms with Crippen molar-refractivity contribution in [3.63, 3.8) is 0 Å². The molecule has 0 aliphatic carbocycles. The first-order valence-corrected chi connectivity index (χ1v) is 8.08. The molecule has 0 radical (unpaired) electrons. The van der Waals surface area contributed by atoms with E-state index < -0.39 is 0 Å². The number of benzene rings is 1. The molecule has 1 fully saturated rings. The molecule has 0 spiro atoms. The Hall–Kier alpha value is -2.74. The van der Waals surface area contributed by atoms with Crippen LogP contribution in [0, 0.1) is 0 Å². The molecule has 8 nitrogen and oxygen atoms in total. The molecular formula is C16H19N7O. The lowest BCUT2D eigenvalue weighted by atomic mass is 10.2. The summed E-state index contributed by atoms with van der Waals surface area (Å²) in [5, 5.41) is 14.0. The molecule has 3 heterocycles. The van der Waals surface area contributed by atoms with Gasteiger partial charge in [0.1, 0.15) is 6.33 Å². The monoisotopic (exact) mass is 325 g/mol. The fourth-order valence-electron chi connectivity index (χ4n) is 3.20. The number of anilines is 1. The predicted octanol–water partition coefficient (Wildman–Crippen LogP) is 1.14. The van der Waals surface area contributed by atoms with Crippen molar-refractivity contribution in [1.29, 1.82) is 0 Å². The van der Waals surface area contributed by atoms with Crippen LogP contribution in [0.2, 0.25) is 0 Å². The summed E-state index contributed by atoms with van der Waals surface area (Å²) in [7, 11) is 0. The van der Waals surface area contributed by atoms with Gasteiger partial charge in [-0.15, -0.1) is 5.10 Å². The van der Waals surface area contributed by atoms with Crippen molar-refractivity contribution in [2.45, 2.75) is 12.5 Å². The molecule has 2 amide bonds. The van der Waals surface area contributed by atoms with Gasteiger partial charge in [-0.25, -0.2) is 9.48 Å². The molecule has 1 atom stereocenters. The predicted molar refractivity (Wildman–Crippen MR) is 88.9 cm³/mol. The first kappa shape index (κ1) is 14.8. The maximum absolute atomic E-state index is 12.4. The summed E-state index contributed by atoms with van der Waals surface area (Å²) >= 11 is 0. The third kappa shape index (κ3) is 3.00. The van der Waals surface area contributed by atoms with E-state index in [-0.39, 0.29) is 6.03 Å². The van der Waals surface area contributed by atoms with Crippen LogP contribution in [0.25, 0.3) is 5.69 Å². The number of hydrogen-bond donors (Lipinski definition) is 1. The van der Waals surface area contributed by atoms with Crippen LogP contribution in [0.5, 0.6) is 0 Å². The molecule has 1 saturated heterocycles. The molecule has 0 saturated carbocycles. The van der Waals surface area contributed by atoms with E-state index in [1.54, 1.807) is 4.68 Å². The summed E-state index contributed by atoms with van der Waals surface area (Å²) in [5.41, 5.74) is 1.61. The van der Waals surface area contributed by atoms with Crippen molar-refractivity contribution >= 4 is 11.7 Å². The van der Waals surface area contributed by atoms with Crippen LogP contribution >= 0.6 is 0 Å². The molecule has 2 aromatic rings. The van der Waals surface area contributed by atoms with Crippen LogP contribution in [0.3, 0.4) is 0 Å². The van der Waals surface area contributed by atoms with Crippen LogP contribution in [0.15, 0.2) is 42.7 Å². The minimum atomic E-state index is -0.0418. The summed E-state index contributed by atoms with van der Waals surface area (Å²) in [6.07, 6.45) is 6.95. The van der Waals surface area contributed by atoms with Gasteiger partial charge in [-0.2, -0.15) is 0 Å². The smallest absolute Gasteiger partial charge is 0.321 e. The molecule has 0 unspecified atom stereocenters. The summed E-state index contributed by atoms with van der Waals surface area (Å²) < 4.78 is 1.57. The molecule has 1 aromatic carbocycles. The largest absolute Gasteiger partial charge is 0.323 e. The number of nitrogens with one attached hydrogen (secondary N) is 1. The number of likely N-dealkylation sites (tertiary alicyclic amines) is 1. The second-order valence-corrected chi connectivity index (χ2v) is 6.05. The molecule has 4 rings (SSSR count). The zero-order valence-corrected chi connectivity index (χ0v) is 13.2. The summed E-state index contributed by atoms with van der Waals surface area (Å²) in [6.45, 7) is 3.59. The highest BCUT2D eigenvalue weighted by molar-refractivity contribution is 5.89. The van der Waals surface area contributed by atoms with Crippen LogP contribution in [0.1, 0.15) is 6.42 Å². The number of urea groups is 1. The van der Waals surface area contributed by atoms with E-state index in [1.807, 2.05) is 29.2 Å². The van der Waals surface area contributed by atoms with Crippen molar-refractivity contribution in [3.8, 4) is 5.69 Å². The van der Waals surface area contributed by atoms with E-state index in [9.17, 15) is 4.79 Å². The first-order chi connectivity index (χ1) is 11.8. The Morgan fingerprint density at radius 2 is 1.96 bits per heavy atom. The number of hydrogen-bond acceptors (Lipinski definition) is 5. The van der Waals surface area contributed by atoms with E-state index >= 15 is 0 Å². The molecular weight excluding hydrogens is 306 g/mol. The number of carbonyl (C=O) groups excluding carboxylic acids is 1. The van der Waals surface area contributed by atoms with Gasteiger partial charge in [0.05, 0.1) is 5.69 Å². The highest BCUT2D eigenvalue weighted by Gasteiger charge is 2.30.